The van der Waals surface area contributed by atoms with E-state index in [-0.39, 0.29) is 11.9 Å². The highest BCUT2D eigenvalue weighted by Gasteiger charge is 2.32. The Labute approximate surface area is 154 Å². The van der Waals surface area contributed by atoms with Crippen LogP contribution in [0.5, 0.6) is 0 Å². The van der Waals surface area contributed by atoms with Crippen LogP contribution in [0.2, 0.25) is 0 Å². The van der Waals surface area contributed by atoms with Crippen LogP contribution >= 0.6 is 0 Å². The Hall–Kier alpha value is -1.76. The van der Waals surface area contributed by atoms with Gasteiger partial charge in [0.05, 0.1) is 24.1 Å². The molecule has 2 aliphatic rings. The van der Waals surface area contributed by atoms with Crippen molar-refractivity contribution in [2.45, 2.75) is 45.4 Å². The third-order valence-electron chi connectivity index (χ3n) is 5.42. The minimum atomic E-state index is -0.232. The first-order chi connectivity index (χ1) is 12.6. The number of ether oxygens (including phenoxy) is 1. The molecule has 140 valence electrons. The predicted octanol–water partition coefficient (Wildman–Crippen LogP) is 2.58. The molecule has 2 fully saturated rings. The number of morpholine rings is 1. The molecule has 1 atom stereocenters. The normalized spacial score (nSPS) is 21.3. The van der Waals surface area contributed by atoms with Gasteiger partial charge < -0.3 is 10.1 Å². The molecule has 4 rings (SSSR count). The fraction of sp³-hybridized carbons (Fsp3) is 0.550. The van der Waals surface area contributed by atoms with Crippen LogP contribution in [0.3, 0.4) is 0 Å². The summed E-state index contributed by atoms with van der Waals surface area (Å²) in [4.78, 5) is 2.57. The summed E-state index contributed by atoms with van der Waals surface area (Å²) in [5.41, 5.74) is 4.17. The van der Waals surface area contributed by atoms with Gasteiger partial charge in [0.15, 0.2) is 0 Å². The van der Waals surface area contributed by atoms with Gasteiger partial charge in [-0.2, -0.15) is 5.10 Å². The average molecular weight is 358 g/mol. The van der Waals surface area contributed by atoms with Crippen LogP contribution in [-0.2, 0) is 11.3 Å². The molecule has 1 aliphatic carbocycles. The first-order valence-corrected chi connectivity index (χ1v) is 9.49. The van der Waals surface area contributed by atoms with Crippen LogP contribution in [0.25, 0.3) is 5.69 Å². The van der Waals surface area contributed by atoms with E-state index in [1.807, 2.05) is 11.6 Å². The Kier molecular flexibility index (Phi) is 5.07. The summed E-state index contributed by atoms with van der Waals surface area (Å²) in [6, 6.07) is 7.26. The maximum absolute atomic E-state index is 13.2. The van der Waals surface area contributed by atoms with Gasteiger partial charge in [0.2, 0.25) is 0 Å². The molecule has 0 spiro atoms. The molecule has 26 heavy (non-hydrogen) atoms. The summed E-state index contributed by atoms with van der Waals surface area (Å²) in [7, 11) is 0. The van der Waals surface area contributed by atoms with Gasteiger partial charge in [-0.05, 0) is 51.0 Å². The maximum Gasteiger partial charge on any atom is 0.123 e. The molecule has 0 amide bonds. The number of nitrogens with zero attached hydrogens (tertiary/aromatic N) is 3. The number of hydrogen-bond acceptors (Lipinski definition) is 4. The Morgan fingerprint density at radius 3 is 2.73 bits per heavy atom. The Morgan fingerprint density at radius 2 is 2.00 bits per heavy atom. The Bertz CT molecular complexity index is 754. The number of aryl methyl sites for hydroxylation is 1. The summed E-state index contributed by atoms with van der Waals surface area (Å²) in [6.07, 6.45) is 2.96. The molecule has 1 aromatic heterocycles. The maximum atomic E-state index is 13.2. The van der Waals surface area contributed by atoms with E-state index in [0.717, 1.165) is 55.9 Å². The van der Waals surface area contributed by atoms with E-state index in [9.17, 15) is 4.39 Å². The molecule has 1 aromatic carbocycles. The van der Waals surface area contributed by atoms with Crippen molar-refractivity contribution >= 4 is 0 Å². The topological polar surface area (TPSA) is 42.3 Å². The first kappa shape index (κ1) is 17.6. The lowest BCUT2D eigenvalue weighted by Crippen LogP contribution is -2.47. The van der Waals surface area contributed by atoms with E-state index in [1.165, 1.54) is 30.5 Å². The van der Waals surface area contributed by atoms with Gasteiger partial charge in [-0.15, -0.1) is 0 Å². The monoisotopic (exact) mass is 358 g/mol. The minimum absolute atomic E-state index is 0.232. The van der Waals surface area contributed by atoms with Crippen LogP contribution < -0.4 is 5.32 Å². The predicted molar refractivity (Wildman–Crippen MR) is 99.0 cm³/mol. The zero-order valence-corrected chi connectivity index (χ0v) is 15.5. The second-order valence-electron chi connectivity index (χ2n) is 7.39. The van der Waals surface area contributed by atoms with Crippen molar-refractivity contribution in [1.82, 2.24) is 20.0 Å². The van der Waals surface area contributed by atoms with Crippen molar-refractivity contribution in [3.05, 3.63) is 47.0 Å². The van der Waals surface area contributed by atoms with Crippen molar-refractivity contribution in [2.24, 2.45) is 0 Å². The quantitative estimate of drug-likeness (QED) is 0.862. The van der Waals surface area contributed by atoms with Crippen LogP contribution in [0.4, 0.5) is 4.39 Å². The van der Waals surface area contributed by atoms with Crippen molar-refractivity contribution in [2.75, 3.05) is 26.2 Å². The van der Waals surface area contributed by atoms with E-state index in [1.54, 1.807) is 12.1 Å². The summed E-state index contributed by atoms with van der Waals surface area (Å²) < 4.78 is 21.0. The number of hydrogen-bond donors (Lipinski definition) is 1. The number of aromatic nitrogens is 2. The highest BCUT2D eigenvalue weighted by molar-refractivity contribution is 5.37. The van der Waals surface area contributed by atoms with E-state index >= 15 is 0 Å². The highest BCUT2D eigenvalue weighted by atomic mass is 19.1. The van der Waals surface area contributed by atoms with Crippen molar-refractivity contribution in [3.63, 3.8) is 0 Å². The van der Waals surface area contributed by atoms with Crippen molar-refractivity contribution < 1.29 is 9.13 Å². The van der Waals surface area contributed by atoms with Crippen LogP contribution in [0.15, 0.2) is 24.3 Å². The molecule has 5 nitrogen and oxygen atoms in total. The molecule has 2 heterocycles. The third kappa shape index (κ3) is 3.82. The molecule has 1 saturated carbocycles. The zero-order chi connectivity index (χ0) is 18.1. The number of rotatable bonds is 6. The SMILES string of the molecule is Cc1nn(-c2ccc(F)cc2)c(C)c1CNCC1CN(C2CC2)CCO1. The Balaban J connectivity index is 1.36. The summed E-state index contributed by atoms with van der Waals surface area (Å²) in [5, 5.41) is 8.18. The number of nitrogens with one attached hydrogen (secondary N) is 1. The van der Waals surface area contributed by atoms with Gasteiger partial charge in [0.1, 0.15) is 5.82 Å². The highest BCUT2D eigenvalue weighted by Crippen LogP contribution is 2.28. The fourth-order valence-electron chi connectivity index (χ4n) is 3.76. The van der Waals surface area contributed by atoms with Crippen LogP contribution in [0, 0.1) is 19.7 Å². The lowest BCUT2D eigenvalue weighted by Gasteiger charge is -2.33. The lowest BCUT2D eigenvalue weighted by atomic mass is 10.2. The number of halogens is 1. The largest absolute Gasteiger partial charge is 0.374 e. The number of benzene rings is 1. The lowest BCUT2D eigenvalue weighted by molar-refractivity contribution is -0.0301. The van der Waals surface area contributed by atoms with Gasteiger partial charge in [0, 0.05) is 43.5 Å². The van der Waals surface area contributed by atoms with Gasteiger partial charge >= 0.3 is 0 Å². The van der Waals surface area contributed by atoms with Gasteiger partial charge in [0.25, 0.3) is 0 Å². The molecule has 2 aromatic rings. The summed E-state index contributed by atoms with van der Waals surface area (Å²) >= 11 is 0. The van der Waals surface area contributed by atoms with E-state index in [4.69, 9.17) is 4.74 Å². The van der Waals surface area contributed by atoms with Gasteiger partial charge in [-0.3, -0.25) is 4.90 Å². The molecule has 1 N–H and O–H groups in total. The molecular formula is C20H27FN4O. The van der Waals surface area contributed by atoms with Gasteiger partial charge in [-0.25, -0.2) is 9.07 Å². The molecule has 6 heteroatoms. The second kappa shape index (κ2) is 7.47. The Morgan fingerprint density at radius 1 is 1.23 bits per heavy atom. The standard InChI is InChI=1S/C20H27FN4O/c1-14-20(15(2)25(23-14)18-5-3-16(21)4-6-18)12-22-11-19-13-24(9-10-26-19)17-7-8-17/h3-6,17,19,22H,7-13H2,1-2H3. The second-order valence-corrected chi connectivity index (χ2v) is 7.39. The van der Waals surface area contributed by atoms with Crippen molar-refractivity contribution in [3.8, 4) is 5.69 Å². The first-order valence-electron chi connectivity index (χ1n) is 9.49. The summed E-state index contributed by atoms with van der Waals surface area (Å²) in [5.74, 6) is -0.232. The van der Waals surface area contributed by atoms with Crippen molar-refractivity contribution in [1.29, 1.82) is 0 Å². The van der Waals surface area contributed by atoms with E-state index in [2.05, 4.69) is 22.2 Å². The molecule has 1 aliphatic heterocycles. The summed E-state index contributed by atoms with van der Waals surface area (Å²) in [6.45, 7) is 8.64. The average Bonchev–Trinajstić information content (AvgIpc) is 3.45. The molecular weight excluding hydrogens is 331 g/mol. The van der Waals surface area contributed by atoms with Crippen LogP contribution in [-0.4, -0.2) is 53.1 Å². The van der Waals surface area contributed by atoms with E-state index in [0.29, 0.717) is 0 Å². The molecule has 0 radical (unpaired) electrons. The zero-order valence-electron chi connectivity index (χ0n) is 15.5. The molecule has 1 saturated heterocycles. The van der Waals surface area contributed by atoms with E-state index < -0.39 is 0 Å². The smallest absolute Gasteiger partial charge is 0.123 e. The van der Waals surface area contributed by atoms with Crippen LogP contribution in [0.1, 0.15) is 29.8 Å². The van der Waals surface area contributed by atoms with Gasteiger partial charge in [-0.1, -0.05) is 0 Å². The fourth-order valence-corrected chi connectivity index (χ4v) is 3.76. The molecule has 1 unspecified atom stereocenters. The minimum Gasteiger partial charge on any atom is -0.374 e. The molecule has 0 bridgehead atoms. The third-order valence-corrected chi connectivity index (χ3v) is 5.42.